The molecule has 1 aromatic heterocycles. The Labute approximate surface area is 331 Å². The molecule has 6 aromatic carbocycles. The van der Waals surface area contributed by atoms with Gasteiger partial charge in [-0.25, -0.2) is 0 Å². The van der Waals surface area contributed by atoms with Crippen LogP contribution in [0, 0.1) is 5.92 Å². The molecule has 10 rings (SSSR count). The van der Waals surface area contributed by atoms with Crippen LogP contribution in [-0.2, 0) is 0 Å². The van der Waals surface area contributed by atoms with E-state index in [1.807, 2.05) is 0 Å². The van der Waals surface area contributed by atoms with Gasteiger partial charge < -0.3 is 4.57 Å². The maximum Gasteiger partial charge on any atom is 0.0541 e. The standard InChI is InChI=1S/C53H44N2S/c1-5-17-39(18-6-1)42-23-15-27-45(35-42)56(46-28-16-24-43(36-46)40-19-7-2-8-20-40,48-31-33-51(54-38-48)41-21-9-3-10-22-41)47-32-34-53-50(37-47)49-29-13-14-30-52(49)55(53)44-25-11-4-12-26-44/h1-15,17-21,23-27,29-30,32-38,41,48H,16,22,28,31H2. The van der Waals surface area contributed by atoms with E-state index in [0.29, 0.717) is 5.92 Å². The smallest absolute Gasteiger partial charge is 0.0541 e. The van der Waals surface area contributed by atoms with Crippen LogP contribution < -0.4 is 0 Å². The normalized spacial score (nSPS) is 19.6. The van der Waals surface area contributed by atoms with Crippen molar-refractivity contribution in [1.82, 2.24) is 4.57 Å². The van der Waals surface area contributed by atoms with Crippen molar-refractivity contribution in [2.24, 2.45) is 10.9 Å². The van der Waals surface area contributed by atoms with E-state index in [2.05, 4.69) is 211 Å². The van der Waals surface area contributed by atoms with Gasteiger partial charge in [0.25, 0.3) is 0 Å². The van der Waals surface area contributed by atoms with Gasteiger partial charge in [-0.05, 0) is 117 Å². The average molecular weight is 741 g/mol. The van der Waals surface area contributed by atoms with Crippen molar-refractivity contribution < 1.29 is 0 Å². The molecule has 3 heteroatoms. The molecule has 2 heterocycles. The van der Waals surface area contributed by atoms with Gasteiger partial charge in [0, 0.05) is 39.5 Å². The largest absolute Gasteiger partial charge is 0.309 e. The van der Waals surface area contributed by atoms with E-state index >= 15 is 0 Å². The van der Waals surface area contributed by atoms with Crippen LogP contribution in [-0.4, -0.2) is 16.0 Å². The Hall–Kier alpha value is -6.16. The molecule has 2 aliphatic carbocycles. The van der Waals surface area contributed by atoms with Crippen molar-refractivity contribution in [2.75, 3.05) is 0 Å². The summed E-state index contributed by atoms with van der Waals surface area (Å²) in [5, 5.41) is 2.73. The average Bonchev–Trinajstić information content (AvgIpc) is 3.62. The van der Waals surface area contributed by atoms with E-state index in [0.717, 1.165) is 25.7 Å². The molecular weight excluding hydrogens is 697 g/mol. The number of aliphatic imine (C=N–C) groups is 1. The van der Waals surface area contributed by atoms with Crippen molar-refractivity contribution in [3.05, 3.63) is 216 Å². The van der Waals surface area contributed by atoms with Gasteiger partial charge in [0.1, 0.15) is 0 Å². The fraction of sp³-hybridized carbons (Fsp3) is 0.113. The quantitative estimate of drug-likeness (QED) is 0.148. The summed E-state index contributed by atoms with van der Waals surface area (Å²) < 4.78 is 2.43. The van der Waals surface area contributed by atoms with Gasteiger partial charge in [0.15, 0.2) is 0 Å². The van der Waals surface area contributed by atoms with Crippen molar-refractivity contribution >= 4 is 43.6 Å². The highest BCUT2D eigenvalue weighted by molar-refractivity contribution is 8.37. The zero-order chi connectivity index (χ0) is 37.3. The Morgan fingerprint density at radius 1 is 0.571 bits per heavy atom. The molecule has 272 valence electrons. The number of rotatable bonds is 8. The van der Waals surface area contributed by atoms with Crippen molar-refractivity contribution in [1.29, 1.82) is 0 Å². The third-order valence-electron chi connectivity index (χ3n) is 11.7. The summed E-state index contributed by atoms with van der Waals surface area (Å²) in [7, 11) is -1.91. The molecule has 1 aliphatic heterocycles. The zero-order valence-electron chi connectivity index (χ0n) is 31.4. The van der Waals surface area contributed by atoms with E-state index < -0.39 is 10.0 Å². The fourth-order valence-corrected chi connectivity index (χ4v) is 13.6. The summed E-state index contributed by atoms with van der Waals surface area (Å²) in [6.45, 7) is 0. The van der Waals surface area contributed by atoms with Gasteiger partial charge in [-0.15, -0.1) is 0 Å². The first-order chi connectivity index (χ1) is 27.8. The van der Waals surface area contributed by atoms with Gasteiger partial charge >= 0.3 is 0 Å². The van der Waals surface area contributed by atoms with Crippen LogP contribution in [0.15, 0.2) is 226 Å². The molecule has 0 saturated heterocycles. The second-order valence-electron chi connectivity index (χ2n) is 14.9. The van der Waals surface area contributed by atoms with E-state index in [1.165, 1.54) is 70.1 Å². The van der Waals surface area contributed by atoms with Crippen LogP contribution >= 0.6 is 10.0 Å². The first-order valence-electron chi connectivity index (χ1n) is 19.9. The van der Waals surface area contributed by atoms with Crippen LogP contribution in [0.1, 0.15) is 31.2 Å². The summed E-state index contributed by atoms with van der Waals surface area (Å²) in [6.07, 6.45) is 22.6. The monoisotopic (exact) mass is 740 g/mol. The summed E-state index contributed by atoms with van der Waals surface area (Å²) >= 11 is 0. The second kappa shape index (κ2) is 14.8. The first kappa shape index (κ1) is 34.3. The molecule has 0 saturated carbocycles. The molecule has 3 unspecified atom stereocenters. The Balaban J connectivity index is 1.25. The minimum absolute atomic E-state index is 0.168. The maximum atomic E-state index is 5.39. The molecule has 0 amide bonds. The van der Waals surface area contributed by atoms with Crippen molar-refractivity contribution in [3.8, 4) is 16.8 Å². The molecule has 0 radical (unpaired) electrons. The molecule has 0 bridgehead atoms. The molecule has 0 spiro atoms. The van der Waals surface area contributed by atoms with Gasteiger partial charge in [-0.3, -0.25) is 4.99 Å². The molecule has 0 fully saturated rings. The van der Waals surface area contributed by atoms with Gasteiger partial charge in [0.05, 0.1) is 11.0 Å². The van der Waals surface area contributed by atoms with Crippen molar-refractivity contribution in [2.45, 2.75) is 40.7 Å². The number of para-hydroxylation sites is 2. The number of fused-ring (bicyclic) bond motifs is 3. The Morgan fingerprint density at radius 2 is 1.29 bits per heavy atom. The third-order valence-corrected chi connectivity index (χ3v) is 16.1. The Bertz CT molecular complexity index is 2750. The summed E-state index contributed by atoms with van der Waals surface area (Å²) in [6, 6.07) is 58.4. The van der Waals surface area contributed by atoms with Gasteiger partial charge in [-0.2, -0.15) is 10.0 Å². The van der Waals surface area contributed by atoms with Crippen LogP contribution in [0.3, 0.4) is 0 Å². The lowest BCUT2D eigenvalue weighted by Crippen LogP contribution is -2.25. The van der Waals surface area contributed by atoms with E-state index in [9.17, 15) is 0 Å². The molecule has 3 aliphatic rings. The highest BCUT2D eigenvalue weighted by Gasteiger charge is 2.41. The number of benzene rings is 6. The summed E-state index contributed by atoms with van der Waals surface area (Å²) in [4.78, 5) is 9.68. The topological polar surface area (TPSA) is 17.3 Å². The molecule has 7 aromatic rings. The fourth-order valence-electron chi connectivity index (χ4n) is 9.06. The maximum absolute atomic E-state index is 5.39. The SMILES string of the molecule is C1=CCC(C2=CCC(S(C3=CC(c4ccccc4)=CCC3)(c3cccc(-c4ccccc4)c3)c3ccc4c(c3)c3ccccc3n4-c3ccccc3)C=N2)C=C1. The minimum atomic E-state index is -1.91. The number of nitrogens with zero attached hydrogens (tertiary/aromatic N) is 2. The Morgan fingerprint density at radius 3 is 2.05 bits per heavy atom. The van der Waals surface area contributed by atoms with Gasteiger partial charge in [-0.1, -0.05) is 146 Å². The van der Waals surface area contributed by atoms with Crippen molar-refractivity contribution in [3.63, 3.8) is 0 Å². The van der Waals surface area contributed by atoms with E-state index in [-0.39, 0.29) is 5.25 Å². The second-order valence-corrected chi connectivity index (χ2v) is 18.3. The van der Waals surface area contributed by atoms with Gasteiger partial charge in [0.2, 0.25) is 0 Å². The number of allylic oxidation sites excluding steroid dienone is 9. The summed E-state index contributed by atoms with van der Waals surface area (Å²) in [5.41, 5.74) is 9.90. The highest BCUT2D eigenvalue weighted by Crippen LogP contribution is 2.74. The highest BCUT2D eigenvalue weighted by atomic mass is 32.3. The summed E-state index contributed by atoms with van der Waals surface area (Å²) in [5.74, 6) is 0.324. The molecule has 0 N–H and O–H groups in total. The van der Waals surface area contributed by atoms with Crippen LogP contribution in [0.25, 0.3) is 44.2 Å². The number of hydrogen-bond donors (Lipinski definition) is 0. The van der Waals surface area contributed by atoms with Crippen LogP contribution in [0.5, 0.6) is 0 Å². The zero-order valence-corrected chi connectivity index (χ0v) is 32.2. The third kappa shape index (κ3) is 6.04. The molecule has 3 atom stereocenters. The predicted molar refractivity (Wildman–Crippen MR) is 240 cm³/mol. The lowest BCUT2D eigenvalue weighted by Gasteiger charge is -2.49. The Kier molecular flexibility index (Phi) is 9.09. The van der Waals surface area contributed by atoms with Crippen LogP contribution in [0.2, 0.25) is 0 Å². The van der Waals surface area contributed by atoms with Crippen LogP contribution in [0.4, 0.5) is 0 Å². The predicted octanol–water partition coefficient (Wildman–Crippen LogP) is 14.3. The molecule has 56 heavy (non-hydrogen) atoms. The first-order valence-corrected chi connectivity index (χ1v) is 21.6. The van der Waals surface area contributed by atoms with E-state index in [1.54, 1.807) is 0 Å². The minimum Gasteiger partial charge on any atom is -0.309 e. The van der Waals surface area contributed by atoms with E-state index in [4.69, 9.17) is 4.99 Å². The molecular formula is C53H44N2S. The number of aromatic nitrogens is 1. The number of hydrogen-bond acceptors (Lipinski definition) is 1. The lowest BCUT2D eigenvalue weighted by atomic mass is 9.95. The molecule has 2 nitrogen and oxygen atoms in total. The lowest BCUT2D eigenvalue weighted by molar-refractivity contribution is 0.743.